The van der Waals surface area contributed by atoms with E-state index in [9.17, 15) is 8.42 Å². The molecule has 18 heavy (non-hydrogen) atoms. The number of sulfonamides is 1. The molecule has 0 radical (unpaired) electrons. The predicted molar refractivity (Wildman–Crippen MR) is 71.6 cm³/mol. The second-order valence-electron chi connectivity index (χ2n) is 4.80. The summed E-state index contributed by atoms with van der Waals surface area (Å²) in [6.45, 7) is 7.60. The summed E-state index contributed by atoms with van der Waals surface area (Å²) in [5.74, 6) is 0.268. The highest BCUT2D eigenvalue weighted by molar-refractivity contribution is 7.89. The number of hydrogen-bond acceptors (Lipinski definition) is 4. The Balaban J connectivity index is 3.14. The Bertz CT molecular complexity index is 519. The number of nitrogens with zero attached hydrogens (tertiary/aromatic N) is 2. The van der Waals surface area contributed by atoms with E-state index >= 15 is 0 Å². The van der Waals surface area contributed by atoms with Crippen LogP contribution in [0.25, 0.3) is 0 Å². The van der Waals surface area contributed by atoms with Crippen LogP contribution in [0, 0.1) is 12.8 Å². The van der Waals surface area contributed by atoms with Gasteiger partial charge in [0.2, 0.25) is 10.0 Å². The zero-order valence-electron chi connectivity index (χ0n) is 11.6. The summed E-state index contributed by atoms with van der Waals surface area (Å²) in [5, 5.41) is 3.93. The van der Waals surface area contributed by atoms with Crippen LogP contribution < -0.4 is 10.5 Å². The molecule has 1 unspecified atom stereocenters. The van der Waals surface area contributed by atoms with Crippen LogP contribution in [0.4, 0.5) is 5.82 Å². The standard InChI is InChI=1S/C11H22N4O2S/c1-6-9(7(2)3)14-18(16,17)10-8(4)15(5)13-11(10)12/h7,9,14H,6H2,1-5H3,(H2,12,13). The molecule has 1 aromatic heterocycles. The van der Waals surface area contributed by atoms with Crippen molar-refractivity contribution < 1.29 is 8.42 Å². The summed E-state index contributed by atoms with van der Waals surface area (Å²) >= 11 is 0. The van der Waals surface area contributed by atoms with Gasteiger partial charge in [-0.15, -0.1) is 0 Å². The van der Waals surface area contributed by atoms with E-state index in [1.54, 1.807) is 14.0 Å². The van der Waals surface area contributed by atoms with Crippen molar-refractivity contribution >= 4 is 15.8 Å². The van der Waals surface area contributed by atoms with E-state index < -0.39 is 10.0 Å². The summed E-state index contributed by atoms with van der Waals surface area (Å²) in [5.41, 5.74) is 6.21. The van der Waals surface area contributed by atoms with Crippen molar-refractivity contribution in [2.45, 2.75) is 45.1 Å². The highest BCUT2D eigenvalue weighted by atomic mass is 32.2. The normalized spacial score (nSPS) is 14.1. The van der Waals surface area contributed by atoms with Gasteiger partial charge in [0, 0.05) is 13.1 Å². The van der Waals surface area contributed by atoms with Crippen LogP contribution in [0.5, 0.6) is 0 Å². The van der Waals surface area contributed by atoms with Gasteiger partial charge in [-0.05, 0) is 19.3 Å². The fourth-order valence-electron chi connectivity index (χ4n) is 1.90. The maximum atomic E-state index is 12.3. The highest BCUT2D eigenvalue weighted by Crippen LogP contribution is 2.22. The van der Waals surface area contributed by atoms with Crippen molar-refractivity contribution in [1.82, 2.24) is 14.5 Å². The lowest BCUT2D eigenvalue weighted by molar-refractivity contribution is 0.437. The van der Waals surface area contributed by atoms with Crippen LogP contribution in [0.3, 0.4) is 0 Å². The molecule has 0 spiro atoms. The molecule has 6 nitrogen and oxygen atoms in total. The van der Waals surface area contributed by atoms with Crippen LogP contribution >= 0.6 is 0 Å². The molecule has 3 N–H and O–H groups in total. The third-order valence-corrected chi connectivity index (χ3v) is 4.78. The number of aryl methyl sites for hydroxylation is 1. The monoisotopic (exact) mass is 274 g/mol. The Morgan fingerprint density at radius 1 is 1.44 bits per heavy atom. The maximum absolute atomic E-state index is 12.3. The molecule has 1 rings (SSSR count). The maximum Gasteiger partial charge on any atom is 0.246 e. The minimum atomic E-state index is -3.62. The van der Waals surface area contributed by atoms with Crippen molar-refractivity contribution in [3.8, 4) is 0 Å². The van der Waals surface area contributed by atoms with Crippen LogP contribution in [0.2, 0.25) is 0 Å². The van der Waals surface area contributed by atoms with Gasteiger partial charge >= 0.3 is 0 Å². The van der Waals surface area contributed by atoms with E-state index in [2.05, 4.69) is 9.82 Å². The summed E-state index contributed by atoms with van der Waals surface area (Å²) < 4.78 is 28.8. The SMILES string of the molecule is CCC(NS(=O)(=O)c1c(N)nn(C)c1C)C(C)C. The molecule has 0 bridgehead atoms. The van der Waals surface area contributed by atoms with Gasteiger partial charge in [0.25, 0.3) is 0 Å². The topological polar surface area (TPSA) is 90.0 Å². The largest absolute Gasteiger partial charge is 0.381 e. The Hall–Kier alpha value is -1.08. The summed E-state index contributed by atoms with van der Waals surface area (Å²) in [6.07, 6.45) is 0.732. The van der Waals surface area contributed by atoms with Crippen molar-refractivity contribution in [1.29, 1.82) is 0 Å². The smallest absolute Gasteiger partial charge is 0.246 e. The molecule has 0 amide bonds. The van der Waals surface area contributed by atoms with E-state index in [-0.39, 0.29) is 22.7 Å². The molecule has 0 aliphatic rings. The van der Waals surface area contributed by atoms with E-state index in [4.69, 9.17) is 5.73 Å². The Labute approximate surface area is 109 Å². The summed E-state index contributed by atoms with van der Waals surface area (Å²) in [6, 6.07) is -0.103. The zero-order chi connectivity index (χ0) is 14.1. The predicted octanol–water partition coefficient (Wildman–Crippen LogP) is 1.02. The molecule has 0 saturated carbocycles. The van der Waals surface area contributed by atoms with Gasteiger partial charge in [0.1, 0.15) is 4.90 Å². The Morgan fingerprint density at radius 2 is 2.00 bits per heavy atom. The fourth-order valence-corrected chi connectivity index (χ4v) is 3.69. The van der Waals surface area contributed by atoms with E-state index in [0.717, 1.165) is 6.42 Å². The van der Waals surface area contributed by atoms with Gasteiger partial charge in [-0.3, -0.25) is 4.68 Å². The number of nitrogens with two attached hydrogens (primary N) is 1. The molecule has 104 valence electrons. The number of aromatic nitrogens is 2. The van der Waals surface area contributed by atoms with Crippen molar-refractivity contribution in [3.05, 3.63) is 5.69 Å². The molecular weight excluding hydrogens is 252 g/mol. The highest BCUT2D eigenvalue weighted by Gasteiger charge is 2.27. The first-order valence-corrected chi connectivity index (χ1v) is 7.50. The first kappa shape index (κ1) is 15.0. The van der Waals surface area contributed by atoms with Crippen molar-refractivity contribution in [2.75, 3.05) is 5.73 Å². The lowest BCUT2D eigenvalue weighted by Gasteiger charge is -2.20. The number of rotatable bonds is 5. The summed E-state index contributed by atoms with van der Waals surface area (Å²) in [4.78, 5) is 0.0871. The van der Waals surface area contributed by atoms with Gasteiger partial charge in [-0.2, -0.15) is 5.10 Å². The molecule has 0 saturated heterocycles. The lowest BCUT2D eigenvalue weighted by Crippen LogP contribution is -2.38. The summed E-state index contributed by atoms with van der Waals surface area (Å²) in [7, 11) is -1.94. The van der Waals surface area contributed by atoms with E-state index in [0.29, 0.717) is 5.69 Å². The zero-order valence-corrected chi connectivity index (χ0v) is 12.4. The molecule has 1 heterocycles. The molecule has 0 aliphatic heterocycles. The lowest BCUT2D eigenvalue weighted by atomic mass is 10.0. The molecule has 0 aliphatic carbocycles. The molecule has 1 aromatic rings. The second-order valence-corrected chi connectivity index (χ2v) is 6.45. The van der Waals surface area contributed by atoms with Crippen LogP contribution in [-0.4, -0.2) is 24.2 Å². The number of hydrogen-bond donors (Lipinski definition) is 2. The molecule has 1 atom stereocenters. The number of anilines is 1. The minimum Gasteiger partial charge on any atom is -0.381 e. The molecule has 0 fully saturated rings. The minimum absolute atomic E-state index is 0.0427. The molecule has 7 heteroatoms. The number of nitrogens with one attached hydrogen (secondary N) is 1. The van der Waals surface area contributed by atoms with E-state index in [1.165, 1.54) is 4.68 Å². The van der Waals surface area contributed by atoms with Crippen LogP contribution in [0.15, 0.2) is 4.90 Å². The third-order valence-electron chi connectivity index (χ3n) is 3.12. The molecular formula is C11H22N4O2S. The number of nitrogen functional groups attached to an aromatic ring is 1. The second kappa shape index (κ2) is 5.27. The van der Waals surface area contributed by atoms with Gasteiger partial charge in [-0.1, -0.05) is 20.8 Å². The first-order chi connectivity index (χ1) is 8.20. The third kappa shape index (κ3) is 2.84. The van der Waals surface area contributed by atoms with Gasteiger partial charge in [-0.25, -0.2) is 13.1 Å². The molecule has 0 aromatic carbocycles. The fraction of sp³-hybridized carbons (Fsp3) is 0.727. The Morgan fingerprint density at radius 3 is 2.33 bits per heavy atom. The van der Waals surface area contributed by atoms with Gasteiger partial charge in [0.15, 0.2) is 5.82 Å². The van der Waals surface area contributed by atoms with Gasteiger partial charge in [0.05, 0.1) is 5.69 Å². The first-order valence-electron chi connectivity index (χ1n) is 6.02. The average molecular weight is 274 g/mol. The van der Waals surface area contributed by atoms with Gasteiger partial charge < -0.3 is 5.73 Å². The van der Waals surface area contributed by atoms with E-state index in [1.807, 2.05) is 20.8 Å². The van der Waals surface area contributed by atoms with Crippen LogP contribution in [-0.2, 0) is 17.1 Å². The van der Waals surface area contributed by atoms with Crippen molar-refractivity contribution in [2.24, 2.45) is 13.0 Å². The van der Waals surface area contributed by atoms with Crippen molar-refractivity contribution in [3.63, 3.8) is 0 Å². The Kier molecular flexibility index (Phi) is 4.39. The average Bonchev–Trinajstić information content (AvgIpc) is 2.49. The quantitative estimate of drug-likeness (QED) is 0.839. The van der Waals surface area contributed by atoms with Crippen LogP contribution in [0.1, 0.15) is 32.9 Å².